The monoisotopic (exact) mass is 518 g/mol. The molecule has 0 aliphatic rings. The van der Waals surface area contributed by atoms with Crippen molar-refractivity contribution in [2.24, 2.45) is 5.10 Å². The maximum atomic E-state index is 13.3. The van der Waals surface area contributed by atoms with Crippen LogP contribution in [0.4, 0.5) is 0 Å². The SMILES string of the molecule is COc1ccc(/C=N/NC(=O)CSc2nc3ccccc3c(=O)n2-c2ccc(C)cc2)c(OC)c1OC. The van der Waals surface area contributed by atoms with Crippen molar-refractivity contribution in [2.45, 2.75) is 12.1 Å². The summed E-state index contributed by atoms with van der Waals surface area (Å²) in [4.78, 5) is 30.6. The maximum absolute atomic E-state index is 13.3. The highest BCUT2D eigenvalue weighted by Crippen LogP contribution is 2.39. The number of aryl methyl sites for hydroxylation is 1. The minimum Gasteiger partial charge on any atom is -0.493 e. The Balaban J connectivity index is 1.54. The summed E-state index contributed by atoms with van der Waals surface area (Å²) in [7, 11) is 4.55. The van der Waals surface area contributed by atoms with Crippen LogP contribution in [0.25, 0.3) is 16.6 Å². The quantitative estimate of drug-likeness (QED) is 0.155. The third-order valence-corrected chi connectivity index (χ3v) is 6.44. The number of nitrogens with one attached hydrogen (secondary N) is 1. The minimum atomic E-state index is -0.362. The predicted molar refractivity (Wildman–Crippen MR) is 145 cm³/mol. The van der Waals surface area contributed by atoms with Crippen LogP contribution >= 0.6 is 11.8 Å². The van der Waals surface area contributed by atoms with Crippen molar-refractivity contribution >= 4 is 34.8 Å². The molecular formula is C27H26N4O5S. The van der Waals surface area contributed by atoms with Crippen LogP contribution in [0.15, 0.2) is 75.7 Å². The van der Waals surface area contributed by atoms with Crippen LogP contribution in [0.2, 0.25) is 0 Å². The summed E-state index contributed by atoms with van der Waals surface area (Å²) in [5, 5.41) is 4.96. The number of fused-ring (bicyclic) bond motifs is 1. The van der Waals surface area contributed by atoms with Gasteiger partial charge in [-0.25, -0.2) is 10.4 Å². The standard InChI is InChI=1S/C27H26N4O5S/c1-17-9-12-19(13-10-17)31-26(33)20-7-5-6-8-21(20)29-27(31)37-16-23(32)30-28-15-18-11-14-22(34-2)25(36-4)24(18)35-3/h5-15H,16H2,1-4H3,(H,30,32)/b28-15+. The van der Waals surface area contributed by atoms with Crippen molar-refractivity contribution < 1.29 is 19.0 Å². The van der Waals surface area contributed by atoms with Crippen LogP contribution in [0.3, 0.4) is 0 Å². The summed E-state index contributed by atoms with van der Waals surface area (Å²) < 4.78 is 17.6. The second-order valence-electron chi connectivity index (χ2n) is 7.89. The number of nitrogens with zero attached hydrogens (tertiary/aromatic N) is 3. The number of methoxy groups -OCH3 is 3. The molecule has 0 unspecified atom stereocenters. The van der Waals surface area contributed by atoms with E-state index < -0.39 is 0 Å². The number of carbonyl (C=O) groups excluding carboxylic acids is 1. The van der Waals surface area contributed by atoms with Gasteiger partial charge in [0.05, 0.1) is 49.9 Å². The fourth-order valence-electron chi connectivity index (χ4n) is 3.69. The number of hydrogen-bond acceptors (Lipinski definition) is 8. The third-order valence-electron chi connectivity index (χ3n) is 5.50. The molecule has 0 aliphatic heterocycles. The second-order valence-corrected chi connectivity index (χ2v) is 8.84. The summed E-state index contributed by atoms with van der Waals surface area (Å²) in [6.07, 6.45) is 1.46. The van der Waals surface area contributed by atoms with E-state index in [2.05, 4.69) is 15.5 Å². The predicted octanol–water partition coefficient (Wildman–Crippen LogP) is 3.96. The van der Waals surface area contributed by atoms with Gasteiger partial charge >= 0.3 is 0 Å². The van der Waals surface area contributed by atoms with Gasteiger partial charge in [-0.15, -0.1) is 0 Å². The van der Waals surface area contributed by atoms with E-state index in [9.17, 15) is 9.59 Å². The van der Waals surface area contributed by atoms with Gasteiger partial charge in [0.25, 0.3) is 11.5 Å². The molecule has 0 spiro atoms. The first-order valence-electron chi connectivity index (χ1n) is 11.3. The Morgan fingerprint density at radius 2 is 1.73 bits per heavy atom. The Morgan fingerprint density at radius 1 is 1.00 bits per heavy atom. The Hall–Kier alpha value is -4.31. The van der Waals surface area contributed by atoms with Gasteiger partial charge in [0, 0.05) is 5.56 Å². The molecule has 10 heteroatoms. The number of hydrazone groups is 1. The Kier molecular flexibility index (Phi) is 8.09. The molecule has 0 atom stereocenters. The normalized spacial score (nSPS) is 11.0. The van der Waals surface area contributed by atoms with E-state index in [1.165, 1.54) is 32.1 Å². The van der Waals surface area contributed by atoms with Crippen molar-refractivity contribution in [3.8, 4) is 22.9 Å². The lowest BCUT2D eigenvalue weighted by Gasteiger charge is -2.14. The molecule has 0 aliphatic carbocycles. The van der Waals surface area contributed by atoms with Gasteiger partial charge in [-0.05, 0) is 43.3 Å². The molecule has 0 radical (unpaired) electrons. The number of aromatic nitrogens is 2. The number of amides is 1. The lowest BCUT2D eigenvalue weighted by Crippen LogP contribution is -2.24. The van der Waals surface area contributed by atoms with E-state index in [0.717, 1.165) is 17.3 Å². The topological polar surface area (TPSA) is 104 Å². The smallest absolute Gasteiger partial charge is 0.266 e. The molecular weight excluding hydrogens is 492 g/mol. The van der Waals surface area contributed by atoms with Crippen LogP contribution in [0.5, 0.6) is 17.2 Å². The van der Waals surface area contributed by atoms with E-state index in [0.29, 0.717) is 44.6 Å². The maximum Gasteiger partial charge on any atom is 0.266 e. The van der Waals surface area contributed by atoms with Gasteiger partial charge < -0.3 is 14.2 Å². The average Bonchev–Trinajstić information content (AvgIpc) is 2.92. The van der Waals surface area contributed by atoms with Crippen LogP contribution in [0.1, 0.15) is 11.1 Å². The zero-order valence-electron chi connectivity index (χ0n) is 20.8. The highest BCUT2D eigenvalue weighted by atomic mass is 32.2. The fraction of sp³-hybridized carbons (Fsp3) is 0.185. The number of para-hydroxylation sites is 1. The third kappa shape index (κ3) is 5.59. The van der Waals surface area contributed by atoms with Crippen molar-refractivity contribution in [1.82, 2.24) is 15.0 Å². The van der Waals surface area contributed by atoms with E-state index in [4.69, 9.17) is 14.2 Å². The molecule has 0 fully saturated rings. The molecule has 1 heterocycles. The number of ether oxygens (including phenoxy) is 3. The van der Waals surface area contributed by atoms with Gasteiger partial charge in [-0.3, -0.25) is 14.2 Å². The largest absolute Gasteiger partial charge is 0.493 e. The lowest BCUT2D eigenvalue weighted by atomic mass is 10.2. The first kappa shape index (κ1) is 25.8. The molecule has 190 valence electrons. The summed E-state index contributed by atoms with van der Waals surface area (Å²) in [6, 6.07) is 18.2. The molecule has 1 N–H and O–H groups in total. The Morgan fingerprint density at radius 3 is 2.43 bits per heavy atom. The number of hydrogen-bond donors (Lipinski definition) is 1. The van der Waals surface area contributed by atoms with Crippen molar-refractivity contribution in [3.63, 3.8) is 0 Å². The molecule has 0 saturated carbocycles. The molecule has 37 heavy (non-hydrogen) atoms. The van der Waals surface area contributed by atoms with Gasteiger partial charge in [-0.2, -0.15) is 5.10 Å². The van der Waals surface area contributed by atoms with E-state index in [1.54, 1.807) is 30.3 Å². The minimum absolute atomic E-state index is 0.00293. The van der Waals surface area contributed by atoms with Crippen LogP contribution in [0, 0.1) is 6.92 Å². The molecule has 0 bridgehead atoms. The van der Waals surface area contributed by atoms with Gasteiger partial charge in [0.1, 0.15) is 0 Å². The van der Waals surface area contributed by atoms with Gasteiger partial charge in [0.15, 0.2) is 16.7 Å². The molecule has 3 aromatic carbocycles. The number of thioether (sulfide) groups is 1. The summed E-state index contributed by atoms with van der Waals surface area (Å²) in [5.41, 5.74) is 5.22. The average molecular weight is 519 g/mol. The number of rotatable bonds is 9. The molecule has 9 nitrogen and oxygen atoms in total. The summed E-state index contributed by atoms with van der Waals surface area (Å²) in [5.74, 6) is 0.999. The molecule has 0 saturated heterocycles. The van der Waals surface area contributed by atoms with E-state index in [-0.39, 0.29) is 17.2 Å². The van der Waals surface area contributed by atoms with Gasteiger partial charge in [0.2, 0.25) is 5.75 Å². The van der Waals surface area contributed by atoms with E-state index in [1.807, 2.05) is 37.3 Å². The zero-order valence-corrected chi connectivity index (χ0v) is 21.7. The Bertz CT molecular complexity index is 1520. The van der Waals surface area contributed by atoms with Crippen molar-refractivity contribution in [2.75, 3.05) is 27.1 Å². The summed E-state index contributed by atoms with van der Waals surface area (Å²) in [6.45, 7) is 1.98. The summed E-state index contributed by atoms with van der Waals surface area (Å²) >= 11 is 1.15. The van der Waals surface area contributed by atoms with Crippen LogP contribution < -0.4 is 25.2 Å². The lowest BCUT2D eigenvalue weighted by molar-refractivity contribution is -0.118. The second kappa shape index (κ2) is 11.6. The Labute approximate surface area is 218 Å². The zero-order chi connectivity index (χ0) is 26.4. The van der Waals surface area contributed by atoms with Crippen LogP contribution in [-0.4, -0.2) is 48.8 Å². The molecule has 4 rings (SSSR count). The number of benzene rings is 3. The van der Waals surface area contributed by atoms with Crippen LogP contribution in [-0.2, 0) is 4.79 Å². The molecule has 4 aromatic rings. The number of carbonyl (C=O) groups is 1. The van der Waals surface area contributed by atoms with Crippen molar-refractivity contribution in [3.05, 3.63) is 82.1 Å². The fourth-order valence-corrected chi connectivity index (χ4v) is 4.50. The van der Waals surface area contributed by atoms with E-state index >= 15 is 0 Å². The molecule has 1 amide bonds. The highest BCUT2D eigenvalue weighted by Gasteiger charge is 2.16. The van der Waals surface area contributed by atoms with Crippen molar-refractivity contribution in [1.29, 1.82) is 0 Å². The molecule has 1 aromatic heterocycles. The van der Waals surface area contributed by atoms with Gasteiger partial charge in [-0.1, -0.05) is 41.6 Å². The first-order valence-corrected chi connectivity index (χ1v) is 12.3. The highest BCUT2D eigenvalue weighted by molar-refractivity contribution is 7.99. The first-order chi connectivity index (χ1) is 18.0.